The molecule has 1 atom stereocenters. The molecule has 33 heavy (non-hydrogen) atoms. The summed E-state index contributed by atoms with van der Waals surface area (Å²) in [5, 5.41) is 5.13. The van der Waals surface area contributed by atoms with Crippen LogP contribution in [0, 0.1) is 0 Å². The minimum Gasteiger partial charge on any atom is -0.454 e. The molecule has 0 aromatic carbocycles. The number of nitrogen functional groups attached to an aromatic ring is 1. The van der Waals surface area contributed by atoms with Crippen LogP contribution in [0.3, 0.4) is 0 Å². The minimum absolute atomic E-state index is 0.0991. The van der Waals surface area contributed by atoms with E-state index in [1.807, 2.05) is 6.20 Å². The first-order chi connectivity index (χ1) is 15.6. The van der Waals surface area contributed by atoms with Gasteiger partial charge in [0.25, 0.3) is 5.56 Å². The lowest BCUT2D eigenvalue weighted by Gasteiger charge is -2.30. The molecule has 2 N–H and O–H groups in total. The van der Waals surface area contributed by atoms with Gasteiger partial charge in [0.15, 0.2) is 11.5 Å². The number of anilines is 1. The topological polar surface area (TPSA) is 88.2 Å². The third-order valence-corrected chi connectivity index (χ3v) is 8.11. The largest absolute Gasteiger partial charge is 0.454 e. The second-order valence-corrected chi connectivity index (χ2v) is 15.8. The van der Waals surface area contributed by atoms with Crippen LogP contribution in [0.1, 0.15) is 25.3 Å². The second kappa shape index (κ2) is 8.83. The van der Waals surface area contributed by atoms with Crippen LogP contribution in [-0.4, -0.2) is 29.0 Å². The molecule has 4 rings (SSSR count). The Kier molecular flexibility index (Phi) is 6.24. The highest BCUT2D eigenvalue weighted by atomic mass is 28.3. The van der Waals surface area contributed by atoms with Gasteiger partial charge in [0.1, 0.15) is 12.3 Å². The van der Waals surface area contributed by atoms with Gasteiger partial charge in [-0.15, -0.1) is 0 Å². The number of furan rings is 1. The summed E-state index contributed by atoms with van der Waals surface area (Å²) in [6.07, 6.45) is 13.9. The molecule has 0 aliphatic heterocycles. The van der Waals surface area contributed by atoms with Crippen LogP contribution in [0.5, 0.6) is 0 Å². The Balaban J connectivity index is 1.70. The van der Waals surface area contributed by atoms with Gasteiger partial charge in [0.05, 0.1) is 17.3 Å². The van der Waals surface area contributed by atoms with Gasteiger partial charge in [0, 0.05) is 38.9 Å². The molecular weight excluding hydrogens is 432 g/mol. The summed E-state index contributed by atoms with van der Waals surface area (Å²) in [6, 6.07) is 2.86. The molecule has 3 aromatic heterocycles. The van der Waals surface area contributed by atoms with Gasteiger partial charge >= 0.3 is 0 Å². The SMILES string of the molecule is CCC1(c2cn(C)c(=O)c3cc(-c4nn(COCC[Si](C)(C)C)cc4N)oc23)C=CC=CC1. The first-order valence-electron chi connectivity index (χ1n) is 11.5. The van der Waals surface area contributed by atoms with Crippen LogP contribution in [-0.2, 0) is 23.9 Å². The van der Waals surface area contributed by atoms with E-state index in [1.165, 1.54) is 0 Å². The zero-order chi connectivity index (χ0) is 23.8. The zero-order valence-electron chi connectivity index (χ0n) is 20.2. The molecule has 0 radical (unpaired) electrons. The van der Waals surface area contributed by atoms with E-state index in [2.05, 4.69) is 56.0 Å². The molecule has 3 aromatic rings. The summed E-state index contributed by atoms with van der Waals surface area (Å²) in [7, 11) is 0.635. The molecule has 1 aliphatic carbocycles. The van der Waals surface area contributed by atoms with E-state index >= 15 is 0 Å². The van der Waals surface area contributed by atoms with Crippen LogP contribution >= 0.6 is 0 Å². The van der Waals surface area contributed by atoms with Crippen molar-refractivity contribution in [2.75, 3.05) is 12.3 Å². The van der Waals surface area contributed by atoms with E-state index in [4.69, 9.17) is 14.9 Å². The first kappa shape index (κ1) is 23.3. The predicted molar refractivity (Wildman–Crippen MR) is 136 cm³/mol. The molecule has 7 nitrogen and oxygen atoms in total. The summed E-state index contributed by atoms with van der Waals surface area (Å²) >= 11 is 0. The van der Waals surface area contributed by atoms with E-state index < -0.39 is 8.07 Å². The highest BCUT2D eigenvalue weighted by molar-refractivity contribution is 6.76. The Morgan fingerprint density at radius 3 is 2.73 bits per heavy atom. The van der Waals surface area contributed by atoms with Crippen LogP contribution < -0.4 is 11.3 Å². The van der Waals surface area contributed by atoms with E-state index in [9.17, 15) is 4.79 Å². The number of nitrogens with zero attached hydrogens (tertiary/aromatic N) is 3. The van der Waals surface area contributed by atoms with Crippen LogP contribution in [0.4, 0.5) is 5.69 Å². The molecule has 0 fully saturated rings. The zero-order valence-corrected chi connectivity index (χ0v) is 21.2. The normalized spacial score (nSPS) is 18.5. The molecule has 8 heteroatoms. The van der Waals surface area contributed by atoms with Gasteiger partial charge in [0.2, 0.25) is 0 Å². The quantitative estimate of drug-likeness (QED) is 0.371. The number of fused-ring (bicyclic) bond motifs is 1. The fraction of sp³-hybridized carbons (Fsp3) is 0.440. The van der Waals surface area contributed by atoms with Gasteiger partial charge in [-0.3, -0.25) is 4.79 Å². The van der Waals surface area contributed by atoms with Gasteiger partial charge in [-0.2, -0.15) is 5.10 Å². The van der Waals surface area contributed by atoms with Crippen LogP contribution in [0.2, 0.25) is 25.7 Å². The maximum atomic E-state index is 12.9. The smallest absolute Gasteiger partial charge is 0.261 e. The fourth-order valence-electron chi connectivity index (χ4n) is 4.27. The average Bonchev–Trinajstić information content (AvgIpc) is 3.37. The minimum atomic E-state index is -1.15. The number of pyridine rings is 1. The summed E-state index contributed by atoms with van der Waals surface area (Å²) in [4.78, 5) is 12.9. The van der Waals surface area contributed by atoms with E-state index in [0.717, 1.165) is 24.4 Å². The third-order valence-electron chi connectivity index (χ3n) is 6.41. The lowest BCUT2D eigenvalue weighted by atomic mass is 9.73. The van der Waals surface area contributed by atoms with Crippen molar-refractivity contribution in [1.29, 1.82) is 0 Å². The lowest BCUT2D eigenvalue weighted by Crippen LogP contribution is -2.27. The monoisotopic (exact) mass is 466 g/mol. The van der Waals surface area contributed by atoms with Crippen LogP contribution in [0.25, 0.3) is 22.4 Å². The first-order valence-corrected chi connectivity index (χ1v) is 15.2. The second-order valence-electron chi connectivity index (χ2n) is 10.1. The summed E-state index contributed by atoms with van der Waals surface area (Å²) in [6.45, 7) is 10.2. The molecule has 0 saturated carbocycles. The van der Waals surface area contributed by atoms with Gasteiger partial charge in [-0.1, -0.05) is 50.9 Å². The number of rotatable bonds is 8. The molecule has 0 spiro atoms. The van der Waals surface area contributed by atoms with Crippen molar-refractivity contribution in [2.45, 2.75) is 57.6 Å². The average molecular weight is 467 g/mol. The Labute approximate surface area is 195 Å². The Morgan fingerprint density at radius 2 is 2.06 bits per heavy atom. The number of hydrogen-bond donors (Lipinski definition) is 1. The van der Waals surface area contributed by atoms with Crippen molar-refractivity contribution >= 4 is 24.7 Å². The number of hydrogen-bond acceptors (Lipinski definition) is 5. The van der Waals surface area contributed by atoms with Crippen molar-refractivity contribution in [1.82, 2.24) is 14.3 Å². The van der Waals surface area contributed by atoms with Gasteiger partial charge in [-0.05, 0) is 25.0 Å². The predicted octanol–water partition coefficient (Wildman–Crippen LogP) is 5.05. The fourth-order valence-corrected chi connectivity index (χ4v) is 5.03. The molecule has 1 aliphatic rings. The Hall–Kier alpha value is -2.84. The van der Waals surface area contributed by atoms with Gasteiger partial charge in [-0.25, -0.2) is 4.68 Å². The van der Waals surface area contributed by atoms with Gasteiger partial charge < -0.3 is 19.5 Å². The highest BCUT2D eigenvalue weighted by Crippen LogP contribution is 2.41. The molecule has 3 heterocycles. The Bertz CT molecular complexity index is 1280. The highest BCUT2D eigenvalue weighted by Gasteiger charge is 2.32. The summed E-state index contributed by atoms with van der Waals surface area (Å²) < 4.78 is 15.4. The molecule has 0 amide bonds. The standard InChI is InChI=1S/C25H34N4O3Si/c1-6-25(10-8-7-9-11-25)19-15-28(2)24(30)18-14-21(32-23(18)19)22-20(26)16-29(27-22)17-31-12-13-33(3,4)5/h7-10,14-16H,6,11-13,17,26H2,1-5H3. The molecule has 176 valence electrons. The van der Waals surface area contributed by atoms with Crippen LogP contribution in [0.15, 0.2) is 52.0 Å². The lowest BCUT2D eigenvalue weighted by molar-refractivity contribution is 0.0787. The summed E-state index contributed by atoms with van der Waals surface area (Å²) in [5.41, 5.74) is 8.58. The number of aromatic nitrogens is 3. The molecular formula is C25H34N4O3Si. The van der Waals surface area contributed by atoms with E-state index in [-0.39, 0.29) is 11.0 Å². The molecule has 0 bridgehead atoms. The maximum Gasteiger partial charge on any atom is 0.261 e. The van der Waals surface area contributed by atoms with E-state index in [0.29, 0.717) is 41.4 Å². The molecule has 0 saturated heterocycles. The Morgan fingerprint density at radius 1 is 1.27 bits per heavy atom. The third kappa shape index (κ3) is 4.63. The van der Waals surface area contributed by atoms with Crippen molar-refractivity contribution in [3.63, 3.8) is 0 Å². The summed E-state index contributed by atoms with van der Waals surface area (Å²) in [5.74, 6) is 0.495. The number of aryl methyl sites for hydroxylation is 1. The van der Waals surface area contributed by atoms with Crippen molar-refractivity contribution < 1.29 is 9.15 Å². The number of nitrogens with two attached hydrogens (primary N) is 1. The number of ether oxygens (including phenoxy) is 1. The van der Waals surface area contributed by atoms with Crippen molar-refractivity contribution in [3.05, 3.63) is 58.7 Å². The number of allylic oxidation sites excluding steroid dienone is 4. The molecule has 1 unspecified atom stereocenters. The van der Waals surface area contributed by atoms with Crippen molar-refractivity contribution in [2.24, 2.45) is 7.05 Å². The van der Waals surface area contributed by atoms with Crippen molar-refractivity contribution in [3.8, 4) is 11.5 Å². The maximum absolute atomic E-state index is 12.9. The van der Waals surface area contributed by atoms with E-state index in [1.54, 1.807) is 28.6 Å².